The van der Waals surface area contributed by atoms with Gasteiger partial charge in [-0.2, -0.15) is 0 Å². The van der Waals surface area contributed by atoms with Gasteiger partial charge in [0, 0.05) is 11.6 Å². The number of benzene rings is 1. The number of nitrogens with two attached hydrogens (primary N) is 1. The molecule has 0 saturated carbocycles. The van der Waals surface area contributed by atoms with Crippen molar-refractivity contribution in [2.45, 2.75) is 6.61 Å². The fourth-order valence-electron chi connectivity index (χ4n) is 0.743. The van der Waals surface area contributed by atoms with Gasteiger partial charge in [-0.25, -0.2) is 10.3 Å². The molecule has 1 rings (SSSR count). The second kappa shape index (κ2) is 3.32. The molecule has 3 N–H and O–H groups in total. The average molecular weight is 157 g/mol. The van der Waals surface area contributed by atoms with Gasteiger partial charge < -0.3 is 5.11 Å². The molecule has 0 unspecified atom stereocenters. The van der Waals surface area contributed by atoms with E-state index in [4.69, 9.17) is 11.0 Å². The van der Waals surface area contributed by atoms with Crippen molar-refractivity contribution in [2.24, 2.45) is 5.90 Å². The molecule has 11 heavy (non-hydrogen) atoms. The lowest BCUT2D eigenvalue weighted by molar-refractivity contribution is 0.121. The van der Waals surface area contributed by atoms with Crippen LogP contribution in [-0.2, 0) is 11.4 Å². The van der Waals surface area contributed by atoms with Gasteiger partial charge in [-0.3, -0.25) is 4.84 Å². The van der Waals surface area contributed by atoms with E-state index >= 15 is 0 Å². The van der Waals surface area contributed by atoms with Crippen molar-refractivity contribution in [3.63, 3.8) is 0 Å². The van der Waals surface area contributed by atoms with Gasteiger partial charge in [-0.15, -0.1) is 0 Å². The number of phenolic OH excluding ortho intramolecular Hbond substituents is 1. The second-order valence-electron chi connectivity index (χ2n) is 2.09. The van der Waals surface area contributed by atoms with E-state index in [1.807, 2.05) is 0 Å². The Bertz CT molecular complexity index is 252. The van der Waals surface area contributed by atoms with Gasteiger partial charge in [0.25, 0.3) is 0 Å². The lowest BCUT2D eigenvalue weighted by atomic mass is 10.2. The summed E-state index contributed by atoms with van der Waals surface area (Å²) in [7, 11) is 0. The maximum atomic E-state index is 12.7. The fraction of sp³-hybridized carbons (Fsp3) is 0.143. The first-order chi connectivity index (χ1) is 5.24. The van der Waals surface area contributed by atoms with E-state index in [0.29, 0.717) is 5.56 Å². The standard InChI is InChI=1S/C7H8FNO2/c8-7-3-6(10)2-1-5(7)4-11-9/h1-3,10H,4,9H2. The molecule has 0 amide bonds. The quantitative estimate of drug-likeness (QED) is 0.627. The van der Waals surface area contributed by atoms with Crippen molar-refractivity contribution in [1.29, 1.82) is 0 Å². The molecule has 0 bridgehead atoms. The molecule has 0 aliphatic rings. The maximum absolute atomic E-state index is 12.7. The number of halogens is 1. The first kappa shape index (κ1) is 7.97. The number of rotatable bonds is 2. The van der Waals surface area contributed by atoms with Crippen LogP contribution in [-0.4, -0.2) is 5.11 Å². The molecule has 1 aromatic carbocycles. The van der Waals surface area contributed by atoms with Crippen molar-refractivity contribution in [3.8, 4) is 5.75 Å². The Morgan fingerprint density at radius 2 is 2.27 bits per heavy atom. The third kappa shape index (κ3) is 1.89. The van der Waals surface area contributed by atoms with Gasteiger partial charge in [-0.05, 0) is 6.07 Å². The van der Waals surface area contributed by atoms with E-state index in [2.05, 4.69) is 4.84 Å². The summed E-state index contributed by atoms with van der Waals surface area (Å²) in [6.07, 6.45) is 0. The van der Waals surface area contributed by atoms with E-state index in [-0.39, 0.29) is 12.4 Å². The van der Waals surface area contributed by atoms with Crippen molar-refractivity contribution in [1.82, 2.24) is 0 Å². The van der Waals surface area contributed by atoms with Gasteiger partial charge in [0.15, 0.2) is 0 Å². The van der Waals surface area contributed by atoms with Crippen LogP contribution in [0.1, 0.15) is 5.56 Å². The van der Waals surface area contributed by atoms with Crippen LogP contribution >= 0.6 is 0 Å². The zero-order valence-corrected chi connectivity index (χ0v) is 5.75. The lowest BCUT2D eigenvalue weighted by Crippen LogP contribution is -2.00. The minimum atomic E-state index is -0.518. The molecule has 0 spiro atoms. The van der Waals surface area contributed by atoms with Crippen LogP contribution in [0.3, 0.4) is 0 Å². The highest BCUT2D eigenvalue weighted by atomic mass is 19.1. The molecule has 0 radical (unpaired) electrons. The largest absolute Gasteiger partial charge is 0.508 e. The highest BCUT2D eigenvalue weighted by Crippen LogP contribution is 2.14. The Morgan fingerprint density at radius 1 is 1.55 bits per heavy atom. The lowest BCUT2D eigenvalue weighted by Gasteiger charge is -2.00. The summed E-state index contributed by atoms with van der Waals surface area (Å²) in [5.74, 6) is 4.11. The summed E-state index contributed by atoms with van der Waals surface area (Å²) < 4.78 is 12.7. The number of hydrogen-bond donors (Lipinski definition) is 2. The molecule has 3 nitrogen and oxygen atoms in total. The minimum absolute atomic E-state index is 0.00606. The van der Waals surface area contributed by atoms with Crippen molar-refractivity contribution < 1.29 is 14.3 Å². The molecule has 0 aromatic heterocycles. The summed E-state index contributed by atoms with van der Waals surface area (Å²) >= 11 is 0. The molecule has 1 aromatic rings. The Morgan fingerprint density at radius 3 is 2.82 bits per heavy atom. The molecule has 0 aliphatic heterocycles. The highest BCUT2D eigenvalue weighted by molar-refractivity contribution is 5.27. The molecule has 4 heteroatoms. The fourth-order valence-corrected chi connectivity index (χ4v) is 0.743. The van der Waals surface area contributed by atoms with Crippen LogP contribution in [0.25, 0.3) is 0 Å². The predicted molar refractivity (Wildman–Crippen MR) is 37.0 cm³/mol. The summed E-state index contributed by atoms with van der Waals surface area (Å²) in [4.78, 5) is 4.23. The molecule has 0 atom stereocenters. The highest BCUT2D eigenvalue weighted by Gasteiger charge is 2.01. The molecular weight excluding hydrogens is 149 g/mol. The van der Waals surface area contributed by atoms with E-state index in [1.54, 1.807) is 0 Å². The van der Waals surface area contributed by atoms with Crippen LogP contribution in [0.15, 0.2) is 18.2 Å². The van der Waals surface area contributed by atoms with Crippen LogP contribution in [0.2, 0.25) is 0 Å². The monoisotopic (exact) mass is 157 g/mol. The summed E-state index contributed by atoms with van der Waals surface area (Å²) in [6.45, 7) is 0.00606. The molecular formula is C7H8FNO2. The van der Waals surface area contributed by atoms with E-state index in [9.17, 15) is 4.39 Å². The Hall–Kier alpha value is -1.13. The molecule has 0 saturated heterocycles. The summed E-state index contributed by atoms with van der Waals surface area (Å²) in [6, 6.07) is 3.79. The molecule has 0 aliphatic carbocycles. The van der Waals surface area contributed by atoms with Crippen LogP contribution in [0.5, 0.6) is 5.75 Å². The van der Waals surface area contributed by atoms with E-state index in [0.717, 1.165) is 6.07 Å². The second-order valence-corrected chi connectivity index (χ2v) is 2.09. The number of phenols is 1. The number of hydrogen-bond acceptors (Lipinski definition) is 3. The normalized spacial score (nSPS) is 10.0. The third-order valence-electron chi connectivity index (χ3n) is 1.28. The van der Waals surface area contributed by atoms with Crippen LogP contribution in [0.4, 0.5) is 4.39 Å². The van der Waals surface area contributed by atoms with Gasteiger partial charge in [0.1, 0.15) is 11.6 Å². The topological polar surface area (TPSA) is 55.5 Å². The molecule has 60 valence electrons. The average Bonchev–Trinajstić information content (AvgIpc) is 1.95. The summed E-state index contributed by atoms with van der Waals surface area (Å²) in [5, 5.41) is 8.79. The molecule has 0 heterocycles. The number of aromatic hydroxyl groups is 1. The Labute approximate surface area is 63.2 Å². The minimum Gasteiger partial charge on any atom is -0.508 e. The van der Waals surface area contributed by atoms with Gasteiger partial charge >= 0.3 is 0 Å². The zero-order valence-electron chi connectivity index (χ0n) is 5.75. The smallest absolute Gasteiger partial charge is 0.132 e. The first-order valence-electron chi connectivity index (χ1n) is 3.03. The van der Waals surface area contributed by atoms with Crippen molar-refractivity contribution in [3.05, 3.63) is 29.6 Å². The SMILES string of the molecule is NOCc1ccc(O)cc1F. The van der Waals surface area contributed by atoms with Crippen LogP contribution < -0.4 is 5.90 Å². The zero-order chi connectivity index (χ0) is 8.27. The maximum Gasteiger partial charge on any atom is 0.132 e. The van der Waals surface area contributed by atoms with E-state index < -0.39 is 5.82 Å². The van der Waals surface area contributed by atoms with Gasteiger partial charge in [0.2, 0.25) is 0 Å². The Kier molecular flexibility index (Phi) is 2.40. The Balaban J connectivity index is 2.90. The van der Waals surface area contributed by atoms with E-state index in [1.165, 1.54) is 12.1 Å². The van der Waals surface area contributed by atoms with Gasteiger partial charge in [-0.1, -0.05) is 6.07 Å². The third-order valence-corrected chi connectivity index (χ3v) is 1.28. The predicted octanol–water partition coefficient (Wildman–Crippen LogP) is 0.922. The van der Waals surface area contributed by atoms with Crippen LogP contribution in [0, 0.1) is 5.82 Å². The molecule has 0 fully saturated rings. The van der Waals surface area contributed by atoms with Crippen molar-refractivity contribution >= 4 is 0 Å². The summed E-state index contributed by atoms with van der Waals surface area (Å²) in [5.41, 5.74) is 0.324. The van der Waals surface area contributed by atoms with Gasteiger partial charge in [0.05, 0.1) is 6.61 Å². The van der Waals surface area contributed by atoms with Crippen molar-refractivity contribution in [2.75, 3.05) is 0 Å². The first-order valence-corrected chi connectivity index (χ1v) is 3.03.